The number of allylic oxidation sites excluding steroid dienone is 1. The SMILES string of the molecule is CCC[CH2][Sn]([CH2]CCC)([CH2]CCC)/[C](C(=O)O)=C(/CCCCCO[Si](C(C)C)(C(C)C)C(C)C)c1ccc(F)cc1. The molecule has 0 aliphatic rings. The predicted molar refractivity (Wildman–Crippen MR) is 181 cm³/mol. The molecule has 0 aromatic heterocycles. The summed E-state index contributed by atoms with van der Waals surface area (Å²) in [5.41, 5.74) is 3.64. The van der Waals surface area contributed by atoms with Crippen LogP contribution >= 0.6 is 0 Å². The van der Waals surface area contributed by atoms with E-state index in [1.165, 1.54) is 12.1 Å². The number of rotatable bonds is 22. The molecule has 0 bridgehead atoms. The number of unbranched alkanes of at least 4 members (excludes halogenated alkanes) is 5. The van der Waals surface area contributed by atoms with E-state index in [9.17, 15) is 14.3 Å². The van der Waals surface area contributed by atoms with E-state index >= 15 is 0 Å². The fourth-order valence-electron chi connectivity index (χ4n) is 7.37. The van der Waals surface area contributed by atoms with Gasteiger partial charge in [-0.25, -0.2) is 0 Å². The van der Waals surface area contributed by atoms with Crippen LogP contribution in [0.4, 0.5) is 4.39 Å². The van der Waals surface area contributed by atoms with Crippen molar-refractivity contribution in [2.75, 3.05) is 6.61 Å². The van der Waals surface area contributed by atoms with Gasteiger partial charge in [-0.3, -0.25) is 0 Å². The molecule has 3 nitrogen and oxygen atoms in total. The molecule has 0 radical (unpaired) electrons. The third-order valence-corrected chi connectivity index (χ3v) is 31.2. The number of hydrogen-bond acceptors (Lipinski definition) is 2. The monoisotopic (exact) mass is 698 g/mol. The molecule has 0 aliphatic carbocycles. The van der Waals surface area contributed by atoms with Gasteiger partial charge in [0.1, 0.15) is 0 Å². The zero-order valence-corrected chi connectivity index (χ0v) is 31.9. The van der Waals surface area contributed by atoms with E-state index in [0.29, 0.717) is 16.6 Å². The second-order valence-electron chi connectivity index (χ2n) is 13.2. The van der Waals surface area contributed by atoms with E-state index in [1.54, 1.807) is 0 Å². The van der Waals surface area contributed by atoms with Gasteiger partial charge in [0.05, 0.1) is 0 Å². The van der Waals surface area contributed by atoms with E-state index in [2.05, 4.69) is 62.3 Å². The number of carbonyl (C=O) groups is 1. The Morgan fingerprint density at radius 2 is 1.24 bits per heavy atom. The Morgan fingerprint density at radius 3 is 1.63 bits per heavy atom. The van der Waals surface area contributed by atoms with Gasteiger partial charge in [-0.1, -0.05) is 0 Å². The van der Waals surface area contributed by atoms with Crippen molar-refractivity contribution < 1.29 is 18.7 Å². The van der Waals surface area contributed by atoms with Crippen LogP contribution < -0.4 is 0 Å². The van der Waals surface area contributed by atoms with Gasteiger partial charge in [0.2, 0.25) is 0 Å². The molecule has 0 amide bonds. The van der Waals surface area contributed by atoms with Crippen LogP contribution in [0.5, 0.6) is 0 Å². The van der Waals surface area contributed by atoms with Crippen LogP contribution in [0.3, 0.4) is 0 Å². The fraction of sp³-hybridized carbons (Fsp3) is 0.743. The average molecular weight is 698 g/mol. The summed E-state index contributed by atoms with van der Waals surface area (Å²) in [7, 11) is -1.88. The second-order valence-corrected chi connectivity index (χ2v) is 31.7. The number of carboxylic acids is 1. The molecule has 0 saturated carbocycles. The van der Waals surface area contributed by atoms with Crippen molar-refractivity contribution in [1.82, 2.24) is 0 Å². The molecule has 0 atom stereocenters. The molecule has 236 valence electrons. The number of hydrogen-bond donors (Lipinski definition) is 1. The molecule has 0 fully saturated rings. The van der Waals surface area contributed by atoms with Crippen LogP contribution in [0.1, 0.15) is 132 Å². The Labute approximate surface area is 258 Å². The van der Waals surface area contributed by atoms with Gasteiger partial charge >= 0.3 is 259 Å². The van der Waals surface area contributed by atoms with Gasteiger partial charge in [-0.2, -0.15) is 0 Å². The number of aliphatic carboxylic acids is 1. The summed E-state index contributed by atoms with van der Waals surface area (Å²) >= 11 is -3.27. The summed E-state index contributed by atoms with van der Waals surface area (Å²) in [6.07, 6.45) is 10.3. The second kappa shape index (κ2) is 19.6. The van der Waals surface area contributed by atoms with Crippen molar-refractivity contribution >= 4 is 38.2 Å². The van der Waals surface area contributed by atoms with Crippen LogP contribution in [0.25, 0.3) is 5.57 Å². The van der Waals surface area contributed by atoms with Gasteiger partial charge in [-0.05, 0) is 0 Å². The molecule has 0 unspecified atom stereocenters. The number of carboxylic acid groups (broad SMARTS) is 1. The first kappa shape index (κ1) is 38.4. The molecule has 0 spiro atoms. The molecule has 1 aromatic carbocycles. The van der Waals surface area contributed by atoms with Crippen LogP contribution in [0.15, 0.2) is 27.9 Å². The molecular weight excluding hydrogens is 634 g/mol. The Balaban J connectivity index is 3.38. The van der Waals surface area contributed by atoms with Gasteiger partial charge in [0.15, 0.2) is 0 Å². The third kappa shape index (κ3) is 11.1. The van der Waals surface area contributed by atoms with Crippen molar-refractivity contribution in [3.63, 3.8) is 0 Å². The standard InChI is InChI=1S/C23H36FO3Si.3C4H9.Sn/c1-17(2)28(18(3)4,19(5)6)27-15-9-7-8-10-21(16-23(25)26)20-11-13-22(24)14-12-20;3*1-3-4-2;/h11-14,17-19H,7-10,15H2,1-6H3,(H,25,26);3*1,3-4H2,2H3;. The molecule has 0 aliphatic heterocycles. The average Bonchev–Trinajstić information content (AvgIpc) is 2.92. The first-order chi connectivity index (χ1) is 19.4. The fourth-order valence-corrected chi connectivity index (χ4v) is 29.9. The Kier molecular flexibility index (Phi) is 18.3. The van der Waals surface area contributed by atoms with E-state index in [-0.39, 0.29) is 5.82 Å². The topological polar surface area (TPSA) is 46.5 Å². The molecule has 6 heteroatoms. The quantitative estimate of drug-likeness (QED) is 0.0745. The molecule has 1 rings (SSSR count). The maximum absolute atomic E-state index is 14.0. The molecule has 1 N–H and O–H groups in total. The van der Waals surface area contributed by atoms with Crippen LogP contribution in [0, 0.1) is 5.82 Å². The van der Waals surface area contributed by atoms with Crippen LogP contribution in [-0.2, 0) is 9.22 Å². The van der Waals surface area contributed by atoms with E-state index in [4.69, 9.17) is 4.43 Å². The van der Waals surface area contributed by atoms with Gasteiger partial charge < -0.3 is 0 Å². The van der Waals surface area contributed by atoms with Gasteiger partial charge in [-0.15, -0.1) is 0 Å². The summed E-state index contributed by atoms with van der Waals surface area (Å²) in [5, 5.41) is 10.9. The Bertz CT molecular complexity index is 867. The molecule has 0 saturated heterocycles. The predicted octanol–water partition coefficient (Wildman–Crippen LogP) is 11.8. The van der Waals surface area contributed by atoms with E-state index in [0.717, 1.165) is 98.9 Å². The van der Waals surface area contributed by atoms with Crippen molar-refractivity contribution in [3.05, 3.63) is 39.2 Å². The maximum atomic E-state index is 14.0. The minimum absolute atomic E-state index is 0.270. The van der Waals surface area contributed by atoms with Crippen molar-refractivity contribution in [1.29, 1.82) is 0 Å². The zero-order chi connectivity index (χ0) is 31.1. The van der Waals surface area contributed by atoms with E-state index in [1.807, 2.05) is 12.1 Å². The van der Waals surface area contributed by atoms with Crippen LogP contribution in [0.2, 0.25) is 29.9 Å². The first-order valence-corrected chi connectivity index (χ1v) is 26.4. The third-order valence-electron chi connectivity index (χ3n) is 9.40. The number of benzene rings is 1. The Morgan fingerprint density at radius 1 is 0.780 bits per heavy atom. The zero-order valence-electron chi connectivity index (χ0n) is 28.1. The van der Waals surface area contributed by atoms with E-state index < -0.39 is 32.7 Å². The summed E-state index contributed by atoms with van der Waals surface area (Å²) in [6, 6.07) is 6.64. The summed E-state index contributed by atoms with van der Waals surface area (Å²) in [5.74, 6) is -0.971. The molecule has 1 aromatic rings. The van der Waals surface area contributed by atoms with Crippen molar-refractivity contribution in [2.45, 2.75) is 156 Å². The Hall–Kier alpha value is -0.664. The molecular formula is C35H63FO3SiSn. The molecule has 41 heavy (non-hydrogen) atoms. The van der Waals surface area contributed by atoms with Crippen molar-refractivity contribution in [3.8, 4) is 0 Å². The number of halogens is 1. The normalized spacial score (nSPS) is 13.4. The van der Waals surface area contributed by atoms with Gasteiger partial charge in [0.25, 0.3) is 0 Å². The van der Waals surface area contributed by atoms with Crippen LogP contribution in [-0.4, -0.2) is 44.4 Å². The summed E-state index contributed by atoms with van der Waals surface area (Å²) < 4.78 is 24.9. The molecule has 0 heterocycles. The summed E-state index contributed by atoms with van der Waals surface area (Å²) in [4.78, 5) is 13.3. The minimum atomic E-state index is -3.27. The summed E-state index contributed by atoms with van der Waals surface area (Å²) in [6.45, 7) is 21.4. The van der Waals surface area contributed by atoms with Gasteiger partial charge in [0, 0.05) is 0 Å². The van der Waals surface area contributed by atoms with Crippen molar-refractivity contribution in [2.24, 2.45) is 0 Å². The first-order valence-electron chi connectivity index (χ1n) is 16.8.